The van der Waals surface area contributed by atoms with Crippen LogP contribution in [0.3, 0.4) is 0 Å². The number of hydrogen-bond acceptors (Lipinski definition) is 4. The van der Waals surface area contributed by atoms with Gasteiger partial charge in [0.05, 0.1) is 37.2 Å². The van der Waals surface area contributed by atoms with Gasteiger partial charge in [-0.25, -0.2) is 0 Å². The molecule has 0 spiro atoms. The molecule has 1 amide bonds. The first-order valence-electron chi connectivity index (χ1n) is 10.7. The van der Waals surface area contributed by atoms with E-state index in [0.29, 0.717) is 36.1 Å². The van der Waals surface area contributed by atoms with E-state index >= 15 is 0 Å². The van der Waals surface area contributed by atoms with Crippen LogP contribution in [0.1, 0.15) is 47.1 Å². The molecule has 1 aliphatic rings. The molecule has 2 N–H and O–H groups in total. The zero-order valence-electron chi connectivity index (χ0n) is 17.9. The molecule has 0 bridgehead atoms. The lowest BCUT2D eigenvalue weighted by Gasteiger charge is -2.28. The van der Waals surface area contributed by atoms with Gasteiger partial charge < -0.3 is 14.3 Å². The molecule has 0 radical (unpaired) electrons. The molecule has 1 fully saturated rings. The number of quaternary nitrogens is 1. The Morgan fingerprint density at radius 3 is 2.80 bits per heavy atom. The third kappa shape index (κ3) is 4.03. The maximum Gasteiger partial charge on any atom is 0.259 e. The highest BCUT2D eigenvalue weighted by atomic mass is 16.5. The van der Waals surface area contributed by atoms with Gasteiger partial charge in [-0.1, -0.05) is 35.5 Å². The summed E-state index contributed by atoms with van der Waals surface area (Å²) in [6.45, 7) is 9.32. The normalized spacial score (nSPS) is 18.6. The summed E-state index contributed by atoms with van der Waals surface area (Å²) in [7, 11) is 0. The number of aryl methyl sites for hydroxylation is 2. The molecule has 158 valence electrons. The number of nitrogens with one attached hydrogen (secondary N) is 2. The molecule has 3 heterocycles. The lowest BCUT2D eigenvalue weighted by Crippen LogP contribution is -3.14. The van der Waals surface area contributed by atoms with E-state index in [1.807, 2.05) is 36.2 Å². The average molecular weight is 409 g/mol. The van der Waals surface area contributed by atoms with Gasteiger partial charge in [0.25, 0.3) is 5.91 Å². The number of likely N-dealkylation sites (tertiary alicyclic amines) is 1. The van der Waals surface area contributed by atoms with E-state index in [0.717, 1.165) is 29.8 Å². The maximum atomic E-state index is 13.6. The molecular weight excluding hydrogens is 378 g/mol. The van der Waals surface area contributed by atoms with E-state index < -0.39 is 0 Å². The Hall–Kier alpha value is -2.93. The van der Waals surface area contributed by atoms with E-state index in [9.17, 15) is 4.79 Å². The van der Waals surface area contributed by atoms with Gasteiger partial charge in [-0.3, -0.25) is 9.89 Å². The molecule has 1 unspecified atom stereocenters. The summed E-state index contributed by atoms with van der Waals surface area (Å²) >= 11 is 0. The van der Waals surface area contributed by atoms with Gasteiger partial charge in [-0.05, 0) is 26.3 Å². The van der Waals surface area contributed by atoms with E-state index in [-0.39, 0.29) is 5.91 Å². The van der Waals surface area contributed by atoms with Crippen molar-refractivity contribution in [1.82, 2.24) is 20.3 Å². The second kappa shape index (κ2) is 8.83. The molecule has 0 saturated carbocycles. The third-order valence-electron chi connectivity index (χ3n) is 6.20. The van der Waals surface area contributed by atoms with Crippen molar-refractivity contribution in [2.24, 2.45) is 0 Å². The number of amides is 1. The SMILES string of the molecule is CC[NH+]1CCC[C@@H]1CN(Cc1cn[nH]c1-c1ccccc1)C(=O)c1c(C)noc1C. The fraction of sp³-hybridized carbons (Fsp3) is 0.435. The quantitative estimate of drug-likeness (QED) is 0.629. The highest BCUT2D eigenvalue weighted by molar-refractivity contribution is 5.96. The van der Waals surface area contributed by atoms with Crippen LogP contribution in [0.5, 0.6) is 0 Å². The number of nitrogens with zero attached hydrogens (tertiary/aromatic N) is 3. The molecule has 7 heteroatoms. The first-order valence-corrected chi connectivity index (χ1v) is 10.7. The Morgan fingerprint density at radius 2 is 2.10 bits per heavy atom. The molecule has 4 rings (SSSR count). The molecule has 3 aromatic rings. The van der Waals surface area contributed by atoms with Crippen molar-refractivity contribution in [2.45, 2.75) is 46.2 Å². The molecule has 0 aliphatic carbocycles. The largest absolute Gasteiger partial charge is 0.361 e. The minimum atomic E-state index is -0.0196. The first kappa shape index (κ1) is 20.3. The van der Waals surface area contributed by atoms with E-state index in [4.69, 9.17) is 4.52 Å². The predicted molar refractivity (Wildman–Crippen MR) is 114 cm³/mol. The van der Waals surface area contributed by atoms with E-state index in [2.05, 4.69) is 34.4 Å². The number of likely N-dealkylation sites (N-methyl/N-ethyl adjacent to an activating group) is 1. The monoisotopic (exact) mass is 408 g/mol. The summed E-state index contributed by atoms with van der Waals surface area (Å²) in [5.41, 5.74) is 4.26. The summed E-state index contributed by atoms with van der Waals surface area (Å²) in [5, 5.41) is 11.4. The number of benzene rings is 1. The Bertz CT molecular complexity index is 975. The molecule has 30 heavy (non-hydrogen) atoms. The second-order valence-electron chi connectivity index (χ2n) is 8.12. The highest BCUT2D eigenvalue weighted by Gasteiger charge is 2.33. The fourth-order valence-electron chi connectivity index (χ4n) is 4.59. The summed E-state index contributed by atoms with van der Waals surface area (Å²) < 4.78 is 5.29. The zero-order chi connectivity index (χ0) is 21.1. The smallest absolute Gasteiger partial charge is 0.259 e. The second-order valence-corrected chi connectivity index (χ2v) is 8.12. The van der Waals surface area contributed by atoms with Crippen LogP contribution in [0.4, 0.5) is 0 Å². The van der Waals surface area contributed by atoms with Crippen molar-refractivity contribution in [3.05, 3.63) is 59.1 Å². The fourth-order valence-corrected chi connectivity index (χ4v) is 4.59. The number of aromatic nitrogens is 3. The van der Waals surface area contributed by atoms with E-state index in [1.165, 1.54) is 13.0 Å². The lowest BCUT2D eigenvalue weighted by atomic mass is 10.1. The number of H-pyrrole nitrogens is 1. The average Bonchev–Trinajstić information content (AvgIpc) is 3.48. The summed E-state index contributed by atoms with van der Waals surface area (Å²) in [6, 6.07) is 10.6. The van der Waals surface area contributed by atoms with Gasteiger partial charge in [0.1, 0.15) is 17.4 Å². The standard InChI is InChI=1S/C23H29N5O2/c1-4-27-12-8-11-20(27)15-28(23(29)21-16(2)26-30-17(21)3)14-19-13-24-25-22(19)18-9-6-5-7-10-18/h5-7,9-10,13,20H,4,8,11-12,14-15H2,1-3H3,(H,24,25)/p+1/t20-/m1/s1. The van der Waals surface area contributed by atoms with Crippen molar-refractivity contribution in [2.75, 3.05) is 19.6 Å². The number of rotatable bonds is 7. The Balaban J connectivity index is 1.64. The molecule has 7 nitrogen and oxygen atoms in total. The number of carbonyl (C=O) groups is 1. The van der Waals surface area contributed by atoms with Crippen molar-refractivity contribution < 1.29 is 14.2 Å². The number of hydrogen-bond donors (Lipinski definition) is 2. The Kier molecular flexibility index (Phi) is 5.99. The maximum absolute atomic E-state index is 13.6. The third-order valence-corrected chi connectivity index (χ3v) is 6.20. The van der Waals surface area contributed by atoms with Crippen LogP contribution >= 0.6 is 0 Å². The van der Waals surface area contributed by atoms with Crippen molar-refractivity contribution in [1.29, 1.82) is 0 Å². The lowest BCUT2D eigenvalue weighted by molar-refractivity contribution is -0.909. The van der Waals surface area contributed by atoms with E-state index in [1.54, 1.807) is 11.8 Å². The molecule has 1 saturated heterocycles. The topological polar surface area (TPSA) is 79.5 Å². The van der Waals surface area contributed by atoms with Gasteiger partial charge in [0, 0.05) is 24.9 Å². The number of carbonyl (C=O) groups excluding carboxylic acids is 1. The molecule has 2 atom stereocenters. The minimum Gasteiger partial charge on any atom is -0.361 e. The van der Waals surface area contributed by atoms with Crippen LogP contribution in [0, 0.1) is 13.8 Å². The van der Waals surface area contributed by atoms with Crippen molar-refractivity contribution in [3.8, 4) is 11.3 Å². The van der Waals surface area contributed by atoms with Crippen LogP contribution in [-0.4, -0.2) is 51.8 Å². The van der Waals surface area contributed by atoms with Crippen LogP contribution < -0.4 is 4.90 Å². The molecule has 1 aromatic carbocycles. The van der Waals surface area contributed by atoms with Crippen molar-refractivity contribution >= 4 is 5.91 Å². The minimum absolute atomic E-state index is 0.0196. The van der Waals surface area contributed by atoms with Crippen LogP contribution in [0.15, 0.2) is 41.1 Å². The van der Waals surface area contributed by atoms with Gasteiger partial charge in [-0.2, -0.15) is 5.10 Å². The van der Waals surface area contributed by atoms with Crippen LogP contribution in [0.2, 0.25) is 0 Å². The number of aromatic amines is 1. The van der Waals surface area contributed by atoms with Gasteiger partial charge in [0.2, 0.25) is 0 Å². The summed E-state index contributed by atoms with van der Waals surface area (Å²) in [5.74, 6) is 0.554. The summed E-state index contributed by atoms with van der Waals surface area (Å²) in [6.07, 6.45) is 4.18. The van der Waals surface area contributed by atoms with Gasteiger partial charge in [-0.15, -0.1) is 0 Å². The van der Waals surface area contributed by atoms with Gasteiger partial charge >= 0.3 is 0 Å². The highest BCUT2D eigenvalue weighted by Crippen LogP contribution is 2.24. The van der Waals surface area contributed by atoms with Gasteiger partial charge in [0.15, 0.2) is 0 Å². The zero-order valence-corrected chi connectivity index (χ0v) is 17.9. The van der Waals surface area contributed by atoms with Crippen LogP contribution in [0.25, 0.3) is 11.3 Å². The Morgan fingerprint density at radius 1 is 1.30 bits per heavy atom. The predicted octanol–water partition coefficient (Wildman–Crippen LogP) is 2.39. The first-order chi connectivity index (χ1) is 14.6. The Labute approximate surface area is 177 Å². The van der Waals surface area contributed by atoms with Crippen molar-refractivity contribution in [3.63, 3.8) is 0 Å². The molecular formula is C23H30N5O2+. The molecule has 2 aromatic heterocycles. The molecule has 1 aliphatic heterocycles. The summed E-state index contributed by atoms with van der Waals surface area (Å²) in [4.78, 5) is 17.1. The van der Waals surface area contributed by atoms with Crippen LogP contribution in [-0.2, 0) is 6.54 Å².